The van der Waals surface area contributed by atoms with Crippen molar-refractivity contribution in [3.8, 4) is 22.5 Å². The van der Waals surface area contributed by atoms with Crippen LogP contribution >= 0.6 is 0 Å². The molecule has 0 bridgehead atoms. The minimum Gasteiger partial charge on any atom is -0.376 e. The number of fused-ring (bicyclic) bond motifs is 11. The lowest BCUT2D eigenvalue weighted by Crippen LogP contribution is -2.60. The van der Waals surface area contributed by atoms with Crippen LogP contribution in [0.15, 0.2) is 146 Å². The summed E-state index contributed by atoms with van der Waals surface area (Å²) in [6.45, 7) is 4.53. The minimum atomic E-state index is 0.0182. The molecule has 224 valence electrons. The van der Waals surface area contributed by atoms with Gasteiger partial charge in [0.25, 0.3) is 0 Å². The van der Waals surface area contributed by atoms with Crippen LogP contribution in [0.4, 0.5) is 11.4 Å². The van der Waals surface area contributed by atoms with Crippen LogP contribution in [0, 0.1) is 13.8 Å². The lowest BCUT2D eigenvalue weighted by Gasteiger charge is -2.43. The molecule has 0 aliphatic carbocycles. The number of benzene rings is 7. The van der Waals surface area contributed by atoms with Gasteiger partial charge in [0.1, 0.15) is 0 Å². The molecule has 0 saturated heterocycles. The van der Waals surface area contributed by atoms with Crippen molar-refractivity contribution in [1.29, 1.82) is 0 Å². The molecule has 4 heterocycles. The average molecular weight is 612 g/mol. The Kier molecular flexibility index (Phi) is 5.06. The first-order valence-corrected chi connectivity index (χ1v) is 16.8. The van der Waals surface area contributed by atoms with Gasteiger partial charge < -0.3 is 13.9 Å². The van der Waals surface area contributed by atoms with Crippen molar-refractivity contribution < 1.29 is 0 Å². The number of nitrogens with zero attached hydrogens (tertiary/aromatic N) is 3. The highest BCUT2D eigenvalue weighted by Gasteiger charge is 2.44. The number of hydrogen-bond donors (Lipinski definition) is 0. The van der Waals surface area contributed by atoms with E-state index >= 15 is 0 Å². The summed E-state index contributed by atoms with van der Waals surface area (Å²) in [5.41, 5.74) is 17.9. The van der Waals surface area contributed by atoms with E-state index < -0.39 is 0 Å². The van der Waals surface area contributed by atoms with Gasteiger partial charge in [-0.25, -0.2) is 0 Å². The quantitative estimate of drug-likeness (QED) is 0.178. The Labute approximate surface area is 279 Å². The maximum Gasteiger partial charge on any atom is 0.333 e. The molecule has 9 aromatic rings. The summed E-state index contributed by atoms with van der Waals surface area (Å²) >= 11 is 0. The average Bonchev–Trinajstić information content (AvgIpc) is 3.65. The number of para-hydroxylation sites is 5. The molecule has 0 fully saturated rings. The van der Waals surface area contributed by atoms with Crippen LogP contribution in [-0.2, 0) is 0 Å². The van der Waals surface area contributed by atoms with Gasteiger partial charge in [-0.05, 0) is 90.0 Å². The van der Waals surface area contributed by atoms with Crippen LogP contribution in [0.25, 0.3) is 66.1 Å². The van der Waals surface area contributed by atoms with E-state index in [1.54, 1.807) is 0 Å². The van der Waals surface area contributed by atoms with Gasteiger partial charge in [0.2, 0.25) is 0 Å². The van der Waals surface area contributed by atoms with E-state index in [0.717, 1.165) is 0 Å². The SMILES string of the molecule is Cc1cc2c3c(c1)-n1c4ccccc4c4cccc(c41)B3N(c1ccccc1C)c1ccc3c(c1-2)c1ccccc1n3-c1ccccc1. The molecule has 4 heteroatoms. The smallest absolute Gasteiger partial charge is 0.333 e. The van der Waals surface area contributed by atoms with Crippen molar-refractivity contribution in [2.24, 2.45) is 0 Å². The maximum absolute atomic E-state index is 2.65. The molecule has 11 rings (SSSR count). The van der Waals surface area contributed by atoms with E-state index in [4.69, 9.17) is 0 Å². The Morgan fingerprint density at radius 1 is 0.500 bits per heavy atom. The molecule has 48 heavy (non-hydrogen) atoms. The van der Waals surface area contributed by atoms with Gasteiger partial charge in [0.15, 0.2) is 0 Å². The first kappa shape index (κ1) is 26.1. The lowest BCUT2D eigenvalue weighted by atomic mass is 9.43. The van der Waals surface area contributed by atoms with E-state index in [-0.39, 0.29) is 6.85 Å². The Balaban J connectivity index is 1.37. The lowest BCUT2D eigenvalue weighted by molar-refractivity contribution is 1.17. The topological polar surface area (TPSA) is 13.1 Å². The van der Waals surface area contributed by atoms with E-state index in [1.165, 1.54) is 99.5 Å². The van der Waals surface area contributed by atoms with Gasteiger partial charge >= 0.3 is 6.85 Å². The summed E-state index contributed by atoms with van der Waals surface area (Å²) < 4.78 is 4.99. The Morgan fingerprint density at radius 3 is 2.04 bits per heavy atom. The Morgan fingerprint density at radius 2 is 1.21 bits per heavy atom. The summed E-state index contributed by atoms with van der Waals surface area (Å²) in [6.07, 6.45) is 0. The number of rotatable bonds is 2. The van der Waals surface area contributed by atoms with Gasteiger partial charge in [-0.1, -0.05) is 97.1 Å². The second-order valence-electron chi connectivity index (χ2n) is 13.4. The molecule has 0 spiro atoms. The Bertz CT molecular complexity index is 2820. The molecular formula is C44H30BN3. The van der Waals surface area contributed by atoms with Gasteiger partial charge in [0, 0.05) is 49.9 Å². The van der Waals surface area contributed by atoms with Crippen LogP contribution in [0.5, 0.6) is 0 Å². The van der Waals surface area contributed by atoms with E-state index in [1.807, 2.05) is 0 Å². The molecule has 0 amide bonds. The second kappa shape index (κ2) is 9.30. The zero-order valence-electron chi connectivity index (χ0n) is 26.8. The monoisotopic (exact) mass is 611 g/mol. The van der Waals surface area contributed by atoms with Crippen LogP contribution in [0.3, 0.4) is 0 Å². The van der Waals surface area contributed by atoms with Gasteiger partial charge in [0.05, 0.1) is 22.1 Å². The third kappa shape index (κ3) is 3.20. The van der Waals surface area contributed by atoms with Crippen molar-refractivity contribution in [3.05, 3.63) is 157 Å². The highest BCUT2D eigenvalue weighted by Crippen LogP contribution is 2.50. The molecule has 0 saturated carbocycles. The fourth-order valence-corrected chi connectivity index (χ4v) is 9.02. The van der Waals surface area contributed by atoms with E-state index in [0.29, 0.717) is 0 Å². The maximum atomic E-state index is 2.65. The van der Waals surface area contributed by atoms with Crippen molar-refractivity contribution >= 4 is 72.8 Å². The third-order valence-corrected chi connectivity index (χ3v) is 10.8. The van der Waals surface area contributed by atoms with Gasteiger partial charge in [-0.3, -0.25) is 0 Å². The number of aryl methyl sites for hydroxylation is 2. The summed E-state index contributed by atoms with van der Waals surface area (Å²) in [4.78, 5) is 2.65. The van der Waals surface area contributed by atoms with Gasteiger partial charge in [-0.15, -0.1) is 0 Å². The van der Waals surface area contributed by atoms with Crippen LogP contribution in [0.1, 0.15) is 11.1 Å². The van der Waals surface area contributed by atoms with Crippen molar-refractivity contribution in [2.75, 3.05) is 4.81 Å². The first-order chi connectivity index (χ1) is 23.7. The molecule has 0 atom stereocenters. The summed E-state index contributed by atoms with van der Waals surface area (Å²) in [5, 5.41) is 5.19. The largest absolute Gasteiger partial charge is 0.376 e. The van der Waals surface area contributed by atoms with E-state index in [2.05, 4.69) is 173 Å². The molecule has 2 aliphatic heterocycles. The molecule has 7 aromatic carbocycles. The fourth-order valence-electron chi connectivity index (χ4n) is 9.02. The Hall–Kier alpha value is -6.00. The zero-order valence-corrected chi connectivity index (χ0v) is 26.8. The summed E-state index contributed by atoms with van der Waals surface area (Å²) in [7, 11) is 0. The molecule has 2 aliphatic rings. The molecule has 0 N–H and O–H groups in total. The van der Waals surface area contributed by atoms with Crippen LogP contribution in [0.2, 0.25) is 0 Å². The predicted molar refractivity (Wildman–Crippen MR) is 204 cm³/mol. The fraction of sp³-hybridized carbons (Fsp3) is 0.0455. The van der Waals surface area contributed by atoms with Crippen molar-refractivity contribution in [3.63, 3.8) is 0 Å². The van der Waals surface area contributed by atoms with Crippen LogP contribution in [-0.4, -0.2) is 16.0 Å². The number of hydrogen-bond acceptors (Lipinski definition) is 1. The normalized spacial score (nSPS) is 13.1. The third-order valence-electron chi connectivity index (χ3n) is 10.8. The highest BCUT2D eigenvalue weighted by atomic mass is 15.1. The predicted octanol–water partition coefficient (Wildman–Crippen LogP) is 9.74. The second-order valence-corrected chi connectivity index (χ2v) is 13.4. The van der Waals surface area contributed by atoms with Crippen LogP contribution < -0.4 is 15.7 Å². The number of aromatic nitrogens is 2. The molecule has 0 radical (unpaired) electrons. The standard InChI is InChI=1S/C44H30BN3/c1-27-25-33-42-39(24-23-38-41(42)32-17-8-11-22-37(32)46(38)29-14-4-3-5-15-29)48(35-20-9-6-13-28(35)2)45-34-19-12-18-31-30-16-7-10-21-36(30)47(44(31)34)40(26-27)43(33)45/h3-26H,1-2H3. The summed E-state index contributed by atoms with van der Waals surface area (Å²) in [6, 6.07) is 54.1. The first-order valence-electron chi connectivity index (χ1n) is 16.8. The number of anilines is 2. The van der Waals surface area contributed by atoms with E-state index in [9.17, 15) is 0 Å². The minimum absolute atomic E-state index is 0.0182. The highest BCUT2D eigenvalue weighted by molar-refractivity contribution is 6.93. The zero-order chi connectivity index (χ0) is 31.7. The van der Waals surface area contributed by atoms with Crippen molar-refractivity contribution in [1.82, 2.24) is 9.13 Å². The molecule has 3 nitrogen and oxygen atoms in total. The molecule has 0 unspecified atom stereocenters. The molecular weight excluding hydrogens is 581 g/mol. The van der Waals surface area contributed by atoms with Crippen molar-refractivity contribution in [2.45, 2.75) is 13.8 Å². The molecule has 2 aromatic heterocycles. The van der Waals surface area contributed by atoms with Gasteiger partial charge in [-0.2, -0.15) is 0 Å². The summed E-state index contributed by atoms with van der Waals surface area (Å²) in [5.74, 6) is 0.